The van der Waals surface area contributed by atoms with Crippen molar-refractivity contribution >= 4 is 33.4 Å². The number of aryl methyl sites for hydroxylation is 1. The number of halogens is 1. The van der Waals surface area contributed by atoms with Crippen molar-refractivity contribution in [3.05, 3.63) is 58.8 Å². The minimum Gasteiger partial charge on any atom is -0.351 e. The summed E-state index contributed by atoms with van der Waals surface area (Å²) >= 11 is 3.63. The molecule has 0 aliphatic heterocycles. The smallest absolute Gasteiger partial charge is 0.225 e. The third-order valence-corrected chi connectivity index (χ3v) is 5.43. The topological polar surface area (TPSA) is 62.7 Å². The highest BCUT2D eigenvalue weighted by molar-refractivity contribution is 9.10. The summed E-state index contributed by atoms with van der Waals surface area (Å²) in [6.07, 6.45) is 8.45. The second kappa shape index (κ2) is 8.05. The average molecular weight is 424 g/mol. The Morgan fingerprint density at radius 2 is 1.78 bits per heavy atom. The van der Waals surface area contributed by atoms with Crippen LogP contribution >= 0.6 is 15.9 Å². The molecule has 0 saturated heterocycles. The van der Waals surface area contributed by atoms with Gasteiger partial charge < -0.3 is 10.6 Å². The zero-order chi connectivity index (χ0) is 18.6. The van der Waals surface area contributed by atoms with Gasteiger partial charge in [0.2, 0.25) is 5.95 Å². The van der Waals surface area contributed by atoms with Crippen LogP contribution in [-0.2, 0) is 0 Å². The Kier molecular flexibility index (Phi) is 5.34. The van der Waals surface area contributed by atoms with Crippen LogP contribution in [0, 0.1) is 6.92 Å². The molecule has 0 radical (unpaired) electrons. The predicted molar refractivity (Wildman–Crippen MR) is 113 cm³/mol. The van der Waals surface area contributed by atoms with E-state index in [9.17, 15) is 0 Å². The molecule has 0 unspecified atom stereocenters. The van der Waals surface area contributed by atoms with Crippen LogP contribution in [0.2, 0.25) is 0 Å². The van der Waals surface area contributed by atoms with Crippen molar-refractivity contribution in [2.75, 3.05) is 10.6 Å². The fourth-order valence-electron chi connectivity index (χ4n) is 3.36. The van der Waals surface area contributed by atoms with Crippen molar-refractivity contribution in [2.24, 2.45) is 0 Å². The molecule has 0 amide bonds. The van der Waals surface area contributed by atoms with Crippen LogP contribution in [0.25, 0.3) is 11.3 Å². The lowest BCUT2D eigenvalue weighted by atomic mass is 10.2. The molecule has 1 aliphatic carbocycles. The molecule has 3 aromatic rings. The number of aromatic nitrogens is 3. The van der Waals surface area contributed by atoms with E-state index in [1.54, 1.807) is 12.4 Å². The zero-order valence-corrected chi connectivity index (χ0v) is 16.8. The van der Waals surface area contributed by atoms with Gasteiger partial charge in [-0.05, 0) is 65.5 Å². The van der Waals surface area contributed by atoms with Gasteiger partial charge in [0.05, 0.1) is 11.4 Å². The quantitative estimate of drug-likeness (QED) is 0.550. The normalized spacial score (nSPS) is 14.3. The van der Waals surface area contributed by atoms with Crippen LogP contribution in [0.5, 0.6) is 0 Å². The van der Waals surface area contributed by atoms with Gasteiger partial charge in [0.25, 0.3) is 0 Å². The molecular weight excluding hydrogens is 402 g/mol. The first-order valence-corrected chi connectivity index (χ1v) is 10.1. The van der Waals surface area contributed by atoms with Crippen LogP contribution in [-0.4, -0.2) is 21.0 Å². The van der Waals surface area contributed by atoms with Crippen molar-refractivity contribution in [1.29, 1.82) is 0 Å². The second-order valence-electron chi connectivity index (χ2n) is 6.93. The third kappa shape index (κ3) is 4.45. The number of hydrogen-bond acceptors (Lipinski definition) is 5. The van der Waals surface area contributed by atoms with E-state index in [1.807, 2.05) is 18.2 Å². The molecule has 4 rings (SSSR count). The van der Waals surface area contributed by atoms with Gasteiger partial charge in [0.1, 0.15) is 5.82 Å². The van der Waals surface area contributed by atoms with Crippen molar-refractivity contribution in [3.63, 3.8) is 0 Å². The van der Waals surface area contributed by atoms with E-state index in [1.165, 1.54) is 31.2 Å². The molecule has 0 spiro atoms. The minimum atomic E-state index is 0.455. The molecule has 1 fully saturated rings. The van der Waals surface area contributed by atoms with E-state index in [0.717, 1.165) is 27.2 Å². The van der Waals surface area contributed by atoms with E-state index < -0.39 is 0 Å². The molecule has 1 saturated carbocycles. The molecule has 2 heterocycles. The zero-order valence-electron chi connectivity index (χ0n) is 15.2. The maximum absolute atomic E-state index is 4.74. The highest BCUT2D eigenvalue weighted by Crippen LogP contribution is 2.29. The van der Waals surface area contributed by atoms with Gasteiger partial charge in [-0.15, -0.1) is 0 Å². The van der Waals surface area contributed by atoms with Crippen LogP contribution < -0.4 is 10.6 Å². The van der Waals surface area contributed by atoms with Gasteiger partial charge in [0.15, 0.2) is 0 Å². The molecule has 2 N–H and O–H groups in total. The molecule has 0 bridgehead atoms. The van der Waals surface area contributed by atoms with Crippen molar-refractivity contribution in [1.82, 2.24) is 15.0 Å². The largest absolute Gasteiger partial charge is 0.351 e. The number of pyridine rings is 1. The first-order valence-electron chi connectivity index (χ1n) is 9.26. The van der Waals surface area contributed by atoms with Gasteiger partial charge in [0, 0.05) is 34.5 Å². The van der Waals surface area contributed by atoms with Crippen molar-refractivity contribution in [3.8, 4) is 11.3 Å². The maximum atomic E-state index is 4.74. The first-order chi connectivity index (χ1) is 13.2. The monoisotopic (exact) mass is 423 g/mol. The van der Waals surface area contributed by atoms with Crippen molar-refractivity contribution < 1.29 is 0 Å². The number of nitrogens with one attached hydrogen (secondary N) is 2. The molecule has 138 valence electrons. The van der Waals surface area contributed by atoms with Crippen LogP contribution in [0.1, 0.15) is 31.2 Å². The lowest BCUT2D eigenvalue weighted by Gasteiger charge is -2.15. The van der Waals surface area contributed by atoms with E-state index in [-0.39, 0.29) is 0 Å². The minimum absolute atomic E-state index is 0.455. The van der Waals surface area contributed by atoms with Crippen LogP contribution in [0.4, 0.5) is 17.5 Å². The Morgan fingerprint density at radius 3 is 2.52 bits per heavy atom. The molecule has 1 aliphatic rings. The van der Waals surface area contributed by atoms with Crippen molar-refractivity contribution in [2.45, 2.75) is 38.6 Å². The second-order valence-corrected chi connectivity index (χ2v) is 7.79. The predicted octanol–water partition coefficient (Wildman–Crippen LogP) is 5.71. The number of hydrogen-bond donors (Lipinski definition) is 2. The lowest BCUT2D eigenvalue weighted by Crippen LogP contribution is -2.17. The highest BCUT2D eigenvalue weighted by atomic mass is 79.9. The maximum Gasteiger partial charge on any atom is 0.225 e. The first kappa shape index (κ1) is 17.9. The molecule has 0 atom stereocenters. The number of benzene rings is 1. The van der Waals surface area contributed by atoms with E-state index in [2.05, 4.69) is 56.7 Å². The van der Waals surface area contributed by atoms with E-state index in [0.29, 0.717) is 12.0 Å². The molecule has 2 aromatic heterocycles. The fourth-order valence-corrected chi connectivity index (χ4v) is 3.95. The van der Waals surface area contributed by atoms with Gasteiger partial charge in [-0.3, -0.25) is 4.98 Å². The summed E-state index contributed by atoms with van der Waals surface area (Å²) in [5.41, 5.74) is 4.08. The van der Waals surface area contributed by atoms with Gasteiger partial charge in [-0.2, -0.15) is 4.98 Å². The summed E-state index contributed by atoms with van der Waals surface area (Å²) in [6.45, 7) is 2.07. The molecule has 27 heavy (non-hydrogen) atoms. The number of anilines is 3. The SMILES string of the molecule is Cc1ccc(Nc2cc(-c3ccncc3)nc(NC3CCCC3)n2)c(Br)c1. The Hall–Kier alpha value is -2.47. The molecule has 6 heteroatoms. The van der Waals surface area contributed by atoms with E-state index in [4.69, 9.17) is 9.97 Å². The van der Waals surface area contributed by atoms with Crippen LogP contribution in [0.15, 0.2) is 53.3 Å². The summed E-state index contributed by atoms with van der Waals surface area (Å²) in [4.78, 5) is 13.6. The summed E-state index contributed by atoms with van der Waals surface area (Å²) in [5, 5.41) is 6.93. The number of nitrogens with zero attached hydrogens (tertiary/aromatic N) is 3. The van der Waals surface area contributed by atoms with Gasteiger partial charge >= 0.3 is 0 Å². The highest BCUT2D eigenvalue weighted by Gasteiger charge is 2.17. The molecular formula is C21H22BrN5. The van der Waals surface area contributed by atoms with Crippen LogP contribution in [0.3, 0.4) is 0 Å². The molecule has 1 aromatic carbocycles. The number of rotatable bonds is 5. The Balaban J connectivity index is 1.68. The van der Waals surface area contributed by atoms with Gasteiger partial charge in [-0.1, -0.05) is 18.9 Å². The summed E-state index contributed by atoms with van der Waals surface area (Å²) in [7, 11) is 0. The molecule has 5 nitrogen and oxygen atoms in total. The summed E-state index contributed by atoms with van der Waals surface area (Å²) in [5.74, 6) is 1.43. The standard InChI is InChI=1S/C21H22BrN5/c1-14-6-7-18(17(22)12-14)25-20-13-19(15-8-10-23-11-9-15)26-21(27-20)24-16-4-2-3-5-16/h6-13,16H,2-5H2,1H3,(H2,24,25,26,27). The Morgan fingerprint density at radius 1 is 1.00 bits per heavy atom. The van der Waals surface area contributed by atoms with E-state index >= 15 is 0 Å². The van der Waals surface area contributed by atoms with Gasteiger partial charge in [-0.25, -0.2) is 4.98 Å². The Labute approximate surface area is 167 Å². The summed E-state index contributed by atoms with van der Waals surface area (Å²) < 4.78 is 1.01. The Bertz CT molecular complexity index is 923. The lowest BCUT2D eigenvalue weighted by molar-refractivity contribution is 0.744. The average Bonchev–Trinajstić information content (AvgIpc) is 3.18. The third-order valence-electron chi connectivity index (χ3n) is 4.78. The fraction of sp³-hybridized carbons (Fsp3) is 0.286. The summed E-state index contributed by atoms with van der Waals surface area (Å²) in [6, 6.07) is 12.6.